The Bertz CT molecular complexity index is 911. The summed E-state index contributed by atoms with van der Waals surface area (Å²) in [5.41, 5.74) is 1.51. The molecule has 0 saturated heterocycles. The normalized spacial score (nSPS) is 11.2. The molecule has 2 aromatic carbocycles. The first kappa shape index (κ1) is 22.5. The lowest BCUT2D eigenvalue weighted by atomic mass is 10.2. The van der Waals surface area contributed by atoms with Gasteiger partial charge < -0.3 is 14.8 Å². The van der Waals surface area contributed by atoms with Crippen molar-refractivity contribution < 1.29 is 22.7 Å². The molecular formula is C21H28N2O5S. The third-order valence-electron chi connectivity index (χ3n) is 3.88. The van der Waals surface area contributed by atoms with Gasteiger partial charge in [0.05, 0.1) is 24.6 Å². The predicted octanol–water partition coefficient (Wildman–Crippen LogP) is 2.74. The van der Waals surface area contributed by atoms with E-state index in [-0.39, 0.29) is 25.8 Å². The molecule has 0 aromatic heterocycles. The van der Waals surface area contributed by atoms with Crippen LogP contribution < -0.4 is 19.1 Å². The number of nitrogens with one attached hydrogen (secondary N) is 1. The van der Waals surface area contributed by atoms with Gasteiger partial charge in [-0.2, -0.15) is 0 Å². The van der Waals surface area contributed by atoms with Crippen molar-refractivity contribution >= 4 is 21.6 Å². The molecule has 8 heteroatoms. The maximum atomic E-state index is 12.3. The van der Waals surface area contributed by atoms with Gasteiger partial charge in [0, 0.05) is 6.07 Å². The summed E-state index contributed by atoms with van der Waals surface area (Å²) in [6.45, 7) is 5.98. The molecule has 158 valence electrons. The van der Waals surface area contributed by atoms with Crippen molar-refractivity contribution in [3.63, 3.8) is 0 Å². The van der Waals surface area contributed by atoms with Gasteiger partial charge in [-0.1, -0.05) is 23.8 Å². The Morgan fingerprint density at radius 2 is 1.79 bits per heavy atom. The monoisotopic (exact) mass is 420 g/mol. The van der Waals surface area contributed by atoms with Gasteiger partial charge in [0.1, 0.15) is 24.7 Å². The van der Waals surface area contributed by atoms with Crippen LogP contribution in [0.15, 0.2) is 48.5 Å². The molecule has 0 aliphatic rings. The lowest BCUT2D eigenvalue weighted by molar-refractivity contribution is -0.119. The van der Waals surface area contributed by atoms with Crippen molar-refractivity contribution in [1.29, 1.82) is 0 Å². The van der Waals surface area contributed by atoms with Crippen molar-refractivity contribution in [3.05, 3.63) is 54.1 Å². The van der Waals surface area contributed by atoms with Crippen molar-refractivity contribution in [2.24, 2.45) is 0 Å². The van der Waals surface area contributed by atoms with Crippen molar-refractivity contribution in [1.82, 2.24) is 5.32 Å². The summed E-state index contributed by atoms with van der Waals surface area (Å²) < 4.78 is 36.7. The van der Waals surface area contributed by atoms with E-state index >= 15 is 0 Å². The highest BCUT2D eigenvalue weighted by Crippen LogP contribution is 2.23. The van der Waals surface area contributed by atoms with Gasteiger partial charge in [-0.3, -0.25) is 9.10 Å². The zero-order chi connectivity index (χ0) is 21.4. The summed E-state index contributed by atoms with van der Waals surface area (Å²) >= 11 is 0. The van der Waals surface area contributed by atoms with Crippen LogP contribution in [0.25, 0.3) is 0 Å². The predicted molar refractivity (Wildman–Crippen MR) is 114 cm³/mol. The highest BCUT2D eigenvalue weighted by molar-refractivity contribution is 7.92. The molecule has 0 aliphatic carbocycles. The van der Waals surface area contributed by atoms with Crippen LogP contribution in [0.3, 0.4) is 0 Å². The van der Waals surface area contributed by atoms with E-state index in [1.165, 1.54) is 0 Å². The average Bonchev–Trinajstić information content (AvgIpc) is 2.63. The fourth-order valence-corrected chi connectivity index (χ4v) is 3.41. The summed E-state index contributed by atoms with van der Waals surface area (Å²) in [4.78, 5) is 12.3. The van der Waals surface area contributed by atoms with Gasteiger partial charge in [-0.05, 0) is 45.0 Å². The van der Waals surface area contributed by atoms with E-state index < -0.39 is 15.9 Å². The molecule has 2 aromatic rings. The third-order valence-corrected chi connectivity index (χ3v) is 5.02. The minimum Gasteiger partial charge on any atom is -0.492 e. The van der Waals surface area contributed by atoms with Crippen LogP contribution in [0.1, 0.15) is 19.4 Å². The Hall–Kier alpha value is -2.74. The van der Waals surface area contributed by atoms with Crippen LogP contribution in [0.4, 0.5) is 5.69 Å². The Morgan fingerprint density at radius 3 is 2.41 bits per heavy atom. The number of carbonyl (C=O) groups is 1. The van der Waals surface area contributed by atoms with Gasteiger partial charge in [0.25, 0.3) is 0 Å². The maximum Gasteiger partial charge on any atom is 0.240 e. The van der Waals surface area contributed by atoms with Crippen LogP contribution >= 0.6 is 0 Å². The second-order valence-electron chi connectivity index (χ2n) is 6.95. The van der Waals surface area contributed by atoms with Gasteiger partial charge in [-0.25, -0.2) is 8.42 Å². The molecule has 0 atom stereocenters. The number of hydrogen-bond acceptors (Lipinski definition) is 5. The van der Waals surface area contributed by atoms with Crippen LogP contribution in [0.2, 0.25) is 0 Å². The second kappa shape index (κ2) is 10.2. The maximum absolute atomic E-state index is 12.3. The highest BCUT2D eigenvalue weighted by atomic mass is 32.2. The summed E-state index contributed by atoms with van der Waals surface area (Å²) in [5.74, 6) is 0.834. The van der Waals surface area contributed by atoms with E-state index in [9.17, 15) is 13.2 Å². The van der Waals surface area contributed by atoms with E-state index in [4.69, 9.17) is 9.47 Å². The van der Waals surface area contributed by atoms with Gasteiger partial charge >= 0.3 is 0 Å². The first-order chi connectivity index (χ1) is 13.6. The van der Waals surface area contributed by atoms with Crippen LogP contribution in [0, 0.1) is 6.92 Å². The van der Waals surface area contributed by atoms with Crippen molar-refractivity contribution in [2.45, 2.75) is 26.9 Å². The molecule has 1 N–H and O–H groups in total. The molecule has 0 aliphatic heterocycles. The summed E-state index contributed by atoms with van der Waals surface area (Å²) in [7, 11) is -3.65. The minimum atomic E-state index is -3.65. The molecule has 0 saturated carbocycles. The van der Waals surface area contributed by atoms with E-state index in [2.05, 4.69) is 5.32 Å². The smallest absolute Gasteiger partial charge is 0.240 e. The highest BCUT2D eigenvalue weighted by Gasteiger charge is 2.21. The summed E-state index contributed by atoms with van der Waals surface area (Å²) in [6, 6.07) is 14.3. The number of amides is 1. The Labute approximate surface area is 172 Å². The molecule has 2 rings (SSSR count). The van der Waals surface area contributed by atoms with Gasteiger partial charge in [0.15, 0.2) is 0 Å². The fourth-order valence-electron chi connectivity index (χ4n) is 2.56. The molecule has 0 spiro atoms. The number of rotatable bonds is 10. The Morgan fingerprint density at radius 1 is 1.10 bits per heavy atom. The van der Waals surface area contributed by atoms with Crippen LogP contribution in [0.5, 0.6) is 11.5 Å². The first-order valence-electron chi connectivity index (χ1n) is 9.36. The molecule has 0 bridgehead atoms. The zero-order valence-electron chi connectivity index (χ0n) is 17.2. The van der Waals surface area contributed by atoms with Crippen molar-refractivity contribution in [3.8, 4) is 11.5 Å². The number of carbonyl (C=O) groups excluding carboxylic acids is 1. The van der Waals surface area contributed by atoms with E-state index in [1.54, 1.807) is 24.3 Å². The van der Waals surface area contributed by atoms with E-state index in [0.29, 0.717) is 17.2 Å². The van der Waals surface area contributed by atoms with E-state index in [1.807, 2.05) is 45.0 Å². The quantitative estimate of drug-likeness (QED) is 0.598. The minimum absolute atomic E-state index is 0.0474. The summed E-state index contributed by atoms with van der Waals surface area (Å²) in [5, 5.41) is 2.68. The average molecular weight is 421 g/mol. The topological polar surface area (TPSA) is 84.9 Å². The second-order valence-corrected chi connectivity index (χ2v) is 8.85. The molecule has 29 heavy (non-hydrogen) atoms. The number of hydrogen-bond donors (Lipinski definition) is 1. The Balaban J connectivity index is 1.94. The largest absolute Gasteiger partial charge is 0.492 e. The number of benzene rings is 2. The zero-order valence-corrected chi connectivity index (χ0v) is 18.0. The number of anilines is 1. The molecular weight excluding hydrogens is 392 g/mol. The Kier molecular flexibility index (Phi) is 7.90. The lowest BCUT2D eigenvalue weighted by Gasteiger charge is -2.22. The SMILES string of the molecule is Cc1ccc(OCCNC(=O)CN(c2cccc(OC(C)C)c2)S(C)(=O)=O)cc1. The molecule has 0 heterocycles. The molecule has 0 unspecified atom stereocenters. The van der Waals surface area contributed by atoms with Gasteiger partial charge in [-0.15, -0.1) is 0 Å². The number of nitrogens with zero attached hydrogens (tertiary/aromatic N) is 1. The number of aryl methyl sites for hydroxylation is 1. The van der Waals surface area contributed by atoms with E-state index in [0.717, 1.165) is 16.1 Å². The molecule has 1 amide bonds. The lowest BCUT2D eigenvalue weighted by Crippen LogP contribution is -2.41. The van der Waals surface area contributed by atoms with Crippen LogP contribution in [-0.4, -0.2) is 46.4 Å². The van der Waals surface area contributed by atoms with Crippen LogP contribution in [-0.2, 0) is 14.8 Å². The first-order valence-corrected chi connectivity index (χ1v) is 11.2. The molecule has 0 radical (unpaired) electrons. The summed E-state index contributed by atoms with van der Waals surface area (Å²) in [6.07, 6.45) is 1.02. The third kappa shape index (κ3) is 7.65. The standard InChI is InChI=1S/C21H28N2O5S/c1-16(2)28-20-7-5-6-18(14-20)23(29(4,25)26)15-21(24)22-12-13-27-19-10-8-17(3)9-11-19/h5-11,14,16H,12-13,15H2,1-4H3,(H,22,24). The van der Waals surface area contributed by atoms with Gasteiger partial charge in [0.2, 0.25) is 15.9 Å². The fraction of sp³-hybridized carbons (Fsp3) is 0.381. The molecule has 0 fully saturated rings. The molecule has 7 nitrogen and oxygen atoms in total. The number of ether oxygens (including phenoxy) is 2. The van der Waals surface area contributed by atoms with Crippen molar-refractivity contribution in [2.75, 3.05) is 30.3 Å². The number of sulfonamides is 1.